The summed E-state index contributed by atoms with van der Waals surface area (Å²) in [4.78, 5) is 18.9. The van der Waals surface area contributed by atoms with E-state index in [0.29, 0.717) is 19.4 Å². The van der Waals surface area contributed by atoms with E-state index in [9.17, 15) is 18.0 Å². The van der Waals surface area contributed by atoms with Gasteiger partial charge in [-0.1, -0.05) is 0 Å². The van der Waals surface area contributed by atoms with Gasteiger partial charge in [0.1, 0.15) is 6.04 Å². The van der Waals surface area contributed by atoms with Gasteiger partial charge in [-0.15, -0.1) is 0 Å². The van der Waals surface area contributed by atoms with Gasteiger partial charge in [0.25, 0.3) is 0 Å². The lowest BCUT2D eigenvalue weighted by Crippen LogP contribution is -2.30. The van der Waals surface area contributed by atoms with Gasteiger partial charge < -0.3 is 21.7 Å². The van der Waals surface area contributed by atoms with Crippen molar-refractivity contribution in [3.05, 3.63) is 0 Å². The highest BCUT2D eigenvalue weighted by Crippen LogP contribution is 2.13. The van der Waals surface area contributed by atoms with E-state index in [1.54, 1.807) is 0 Å². The number of rotatable bonds is 4. The molecule has 0 radical (unpaired) electrons. The van der Waals surface area contributed by atoms with Crippen molar-refractivity contribution < 1.29 is 33.0 Å². The Morgan fingerprint density at radius 1 is 1.25 bits per heavy atom. The summed E-state index contributed by atoms with van der Waals surface area (Å²) in [6.45, 7) is 0.501. The molecule has 0 heterocycles. The first-order valence-electron chi connectivity index (χ1n) is 4.11. The zero-order chi connectivity index (χ0) is 13.4. The van der Waals surface area contributed by atoms with Crippen molar-refractivity contribution in [2.24, 2.45) is 11.5 Å². The van der Waals surface area contributed by atoms with Gasteiger partial charge in [0, 0.05) is 0 Å². The normalized spacial score (nSPS) is 12.3. The molecule has 0 saturated heterocycles. The van der Waals surface area contributed by atoms with Crippen LogP contribution in [-0.4, -0.2) is 40.9 Å². The Balaban J connectivity index is 0. The lowest BCUT2D eigenvalue weighted by molar-refractivity contribution is -0.192. The molecule has 96 valence electrons. The molecule has 0 amide bonds. The van der Waals surface area contributed by atoms with Crippen LogP contribution >= 0.6 is 0 Å². The first-order chi connectivity index (χ1) is 7.12. The minimum atomic E-state index is -5.08. The molecule has 0 aromatic carbocycles. The van der Waals surface area contributed by atoms with E-state index in [0.717, 1.165) is 0 Å². The van der Waals surface area contributed by atoms with E-state index in [4.69, 9.17) is 26.5 Å². The molecule has 0 aromatic rings. The number of alkyl halides is 3. The second-order valence-electron chi connectivity index (χ2n) is 2.68. The molecule has 0 fully saturated rings. The molecular formula is C7H13F3N2O4. The molecule has 0 aromatic heterocycles. The van der Waals surface area contributed by atoms with Gasteiger partial charge in [-0.25, -0.2) is 4.79 Å². The highest BCUT2D eigenvalue weighted by atomic mass is 19.4. The summed E-state index contributed by atoms with van der Waals surface area (Å²) in [5.74, 6) is -3.71. The Morgan fingerprint density at radius 3 is 1.81 bits per heavy atom. The van der Waals surface area contributed by atoms with Gasteiger partial charge in [-0.05, 0) is 19.4 Å². The predicted octanol–water partition coefficient (Wildman–Crippen LogP) is -0.229. The maximum Gasteiger partial charge on any atom is 0.490 e. The Labute approximate surface area is 89.0 Å². The Hall–Kier alpha value is -1.35. The number of halogens is 3. The molecule has 1 atom stereocenters. The third kappa shape index (κ3) is 10.7. The second kappa shape index (κ2) is 7.88. The SMILES string of the molecule is NCCCC(N)C(=O)O.O=C(O)C(F)(F)F. The van der Waals surface area contributed by atoms with Crippen LogP contribution in [0.1, 0.15) is 12.8 Å². The molecule has 0 aliphatic carbocycles. The minimum absolute atomic E-state index is 0.464. The van der Waals surface area contributed by atoms with Crippen LogP contribution in [0.25, 0.3) is 0 Å². The topological polar surface area (TPSA) is 127 Å². The lowest BCUT2D eigenvalue weighted by atomic mass is 10.2. The van der Waals surface area contributed by atoms with Crippen LogP contribution in [0.2, 0.25) is 0 Å². The van der Waals surface area contributed by atoms with E-state index in [-0.39, 0.29) is 0 Å². The minimum Gasteiger partial charge on any atom is -0.480 e. The first kappa shape index (κ1) is 17.1. The van der Waals surface area contributed by atoms with Crippen molar-refractivity contribution in [1.82, 2.24) is 0 Å². The third-order valence-corrected chi connectivity index (χ3v) is 1.28. The number of hydrogen-bond acceptors (Lipinski definition) is 4. The van der Waals surface area contributed by atoms with Crippen molar-refractivity contribution in [2.75, 3.05) is 6.54 Å². The Morgan fingerprint density at radius 2 is 1.62 bits per heavy atom. The molecule has 1 unspecified atom stereocenters. The number of carboxylic acid groups (broad SMARTS) is 2. The molecule has 0 aliphatic rings. The van der Waals surface area contributed by atoms with Gasteiger partial charge in [0.2, 0.25) is 0 Å². The van der Waals surface area contributed by atoms with Crippen molar-refractivity contribution in [3.8, 4) is 0 Å². The van der Waals surface area contributed by atoms with Crippen LogP contribution in [0.15, 0.2) is 0 Å². The van der Waals surface area contributed by atoms with Gasteiger partial charge >= 0.3 is 18.1 Å². The van der Waals surface area contributed by atoms with E-state index < -0.39 is 24.2 Å². The van der Waals surface area contributed by atoms with Crippen LogP contribution in [0, 0.1) is 0 Å². The number of carbonyl (C=O) groups is 2. The van der Waals surface area contributed by atoms with Gasteiger partial charge in [-0.3, -0.25) is 4.79 Å². The highest BCUT2D eigenvalue weighted by Gasteiger charge is 2.38. The van der Waals surface area contributed by atoms with Crippen molar-refractivity contribution in [2.45, 2.75) is 25.1 Å². The maximum atomic E-state index is 10.6. The maximum absolute atomic E-state index is 10.6. The third-order valence-electron chi connectivity index (χ3n) is 1.28. The number of aliphatic carboxylic acids is 2. The number of nitrogens with two attached hydrogens (primary N) is 2. The smallest absolute Gasteiger partial charge is 0.480 e. The fourth-order valence-corrected chi connectivity index (χ4v) is 0.461. The highest BCUT2D eigenvalue weighted by molar-refractivity contribution is 5.73. The molecule has 6 N–H and O–H groups in total. The predicted molar refractivity (Wildman–Crippen MR) is 47.6 cm³/mol. The summed E-state index contributed by atoms with van der Waals surface area (Å²) in [7, 11) is 0. The van der Waals surface area contributed by atoms with Crippen LogP contribution in [-0.2, 0) is 9.59 Å². The van der Waals surface area contributed by atoms with E-state index >= 15 is 0 Å². The van der Waals surface area contributed by atoms with Crippen LogP contribution < -0.4 is 11.5 Å². The summed E-state index contributed by atoms with van der Waals surface area (Å²) >= 11 is 0. The lowest BCUT2D eigenvalue weighted by Gasteiger charge is -2.02. The summed E-state index contributed by atoms with van der Waals surface area (Å²) in [5, 5.41) is 15.4. The van der Waals surface area contributed by atoms with Gasteiger partial charge in [0.15, 0.2) is 0 Å². The zero-order valence-electron chi connectivity index (χ0n) is 8.20. The largest absolute Gasteiger partial charge is 0.490 e. The molecule has 0 spiro atoms. The fraction of sp³-hybridized carbons (Fsp3) is 0.714. The van der Waals surface area contributed by atoms with Crippen molar-refractivity contribution in [3.63, 3.8) is 0 Å². The fourth-order valence-electron chi connectivity index (χ4n) is 0.461. The second-order valence-corrected chi connectivity index (χ2v) is 2.68. The molecule has 0 aliphatic heterocycles. The molecule has 16 heavy (non-hydrogen) atoms. The molecule has 6 nitrogen and oxygen atoms in total. The standard InChI is InChI=1S/C5H12N2O2.C2HF3O2/c6-3-1-2-4(7)5(8)9;3-2(4,5)1(6)7/h4H,1-3,6-7H2,(H,8,9);(H,6,7). The first-order valence-corrected chi connectivity index (χ1v) is 4.11. The zero-order valence-corrected chi connectivity index (χ0v) is 8.20. The van der Waals surface area contributed by atoms with Crippen LogP contribution in [0.4, 0.5) is 13.2 Å². The van der Waals surface area contributed by atoms with Crippen LogP contribution in [0.3, 0.4) is 0 Å². The van der Waals surface area contributed by atoms with Crippen molar-refractivity contribution in [1.29, 1.82) is 0 Å². The van der Waals surface area contributed by atoms with E-state index in [2.05, 4.69) is 0 Å². The van der Waals surface area contributed by atoms with Crippen molar-refractivity contribution >= 4 is 11.9 Å². The molecule has 9 heteroatoms. The summed E-state index contributed by atoms with van der Waals surface area (Å²) < 4.78 is 31.7. The molecule has 0 bridgehead atoms. The average Bonchev–Trinajstić information content (AvgIpc) is 2.13. The quantitative estimate of drug-likeness (QED) is 0.542. The summed E-state index contributed by atoms with van der Waals surface area (Å²) in [6.07, 6.45) is -3.95. The molecular weight excluding hydrogens is 233 g/mol. The van der Waals surface area contributed by atoms with E-state index in [1.807, 2.05) is 0 Å². The molecule has 0 saturated carbocycles. The van der Waals surface area contributed by atoms with Gasteiger partial charge in [-0.2, -0.15) is 13.2 Å². The van der Waals surface area contributed by atoms with E-state index in [1.165, 1.54) is 0 Å². The Bertz CT molecular complexity index is 232. The Kier molecular flexibility index (Phi) is 8.40. The van der Waals surface area contributed by atoms with Gasteiger partial charge in [0.05, 0.1) is 0 Å². The average molecular weight is 246 g/mol. The number of carboxylic acids is 2. The van der Waals surface area contributed by atoms with Crippen LogP contribution in [0.5, 0.6) is 0 Å². The summed E-state index contributed by atoms with van der Waals surface area (Å²) in [6, 6.07) is -0.742. The molecule has 0 rings (SSSR count). The number of hydrogen-bond donors (Lipinski definition) is 4. The summed E-state index contributed by atoms with van der Waals surface area (Å²) in [5.41, 5.74) is 10.3. The monoisotopic (exact) mass is 246 g/mol.